The smallest absolute Gasteiger partial charge is 0.411 e. The SMILES string of the molecule is CCN(CCC#N)CN1C(=O)OC[C@@H]1Cc1ccccc1. The molecule has 21 heavy (non-hydrogen) atoms. The maximum atomic E-state index is 11.9. The van der Waals surface area contributed by atoms with Crippen LogP contribution in [0.1, 0.15) is 18.9 Å². The standard InChI is InChI=1S/C16H21N3O2/c1-2-18(10-6-9-17)13-19-15(12-21-16(19)20)11-14-7-4-3-5-8-14/h3-5,7-8,15H,2,6,10-13H2,1H3/t15-/m0/s1. The van der Waals surface area contributed by atoms with Gasteiger partial charge in [0.25, 0.3) is 0 Å². The molecule has 0 N–H and O–H groups in total. The molecule has 1 aromatic rings. The van der Waals surface area contributed by atoms with Crippen LogP contribution >= 0.6 is 0 Å². The molecule has 1 heterocycles. The molecular weight excluding hydrogens is 266 g/mol. The minimum atomic E-state index is -0.258. The molecule has 1 amide bonds. The third kappa shape index (κ3) is 4.20. The Bertz CT molecular complexity index is 498. The highest BCUT2D eigenvalue weighted by molar-refractivity contribution is 5.70. The lowest BCUT2D eigenvalue weighted by Crippen LogP contribution is -2.44. The molecule has 1 aromatic carbocycles. The first-order chi connectivity index (χ1) is 10.2. The number of amides is 1. The van der Waals surface area contributed by atoms with E-state index in [1.54, 1.807) is 4.90 Å². The summed E-state index contributed by atoms with van der Waals surface area (Å²) in [5.41, 5.74) is 1.20. The fourth-order valence-electron chi connectivity index (χ4n) is 2.47. The van der Waals surface area contributed by atoms with E-state index in [0.29, 0.717) is 26.2 Å². The zero-order valence-electron chi connectivity index (χ0n) is 12.4. The van der Waals surface area contributed by atoms with Crippen molar-refractivity contribution in [3.63, 3.8) is 0 Å². The van der Waals surface area contributed by atoms with Crippen LogP contribution in [0.5, 0.6) is 0 Å². The number of hydrogen-bond donors (Lipinski definition) is 0. The summed E-state index contributed by atoms with van der Waals surface area (Å²) in [6, 6.07) is 12.3. The van der Waals surface area contributed by atoms with E-state index in [1.807, 2.05) is 25.1 Å². The number of nitriles is 1. The normalized spacial score (nSPS) is 17.9. The summed E-state index contributed by atoms with van der Waals surface area (Å²) in [5, 5.41) is 8.69. The molecule has 0 saturated carbocycles. The molecule has 0 aromatic heterocycles. The van der Waals surface area contributed by atoms with E-state index in [0.717, 1.165) is 13.0 Å². The van der Waals surface area contributed by atoms with Crippen LogP contribution in [0, 0.1) is 11.3 Å². The molecule has 0 bridgehead atoms. The average Bonchev–Trinajstić information content (AvgIpc) is 2.85. The number of carbonyl (C=O) groups is 1. The van der Waals surface area contributed by atoms with Crippen LogP contribution in [-0.4, -0.2) is 48.3 Å². The summed E-state index contributed by atoms with van der Waals surface area (Å²) < 4.78 is 5.20. The van der Waals surface area contributed by atoms with Gasteiger partial charge in [-0.25, -0.2) is 4.79 Å². The second-order valence-electron chi connectivity index (χ2n) is 5.15. The minimum absolute atomic E-state index is 0.0658. The molecule has 0 spiro atoms. The largest absolute Gasteiger partial charge is 0.447 e. The third-order valence-corrected chi connectivity index (χ3v) is 3.73. The highest BCUT2D eigenvalue weighted by Crippen LogP contribution is 2.17. The summed E-state index contributed by atoms with van der Waals surface area (Å²) in [6.07, 6.45) is 1.01. The van der Waals surface area contributed by atoms with Crippen molar-refractivity contribution in [2.45, 2.75) is 25.8 Å². The van der Waals surface area contributed by atoms with Crippen molar-refractivity contribution in [3.05, 3.63) is 35.9 Å². The molecule has 1 saturated heterocycles. The second kappa shape index (κ2) is 7.65. The van der Waals surface area contributed by atoms with Gasteiger partial charge in [-0.3, -0.25) is 9.80 Å². The van der Waals surface area contributed by atoms with E-state index in [9.17, 15) is 4.79 Å². The van der Waals surface area contributed by atoms with Crippen molar-refractivity contribution < 1.29 is 9.53 Å². The Morgan fingerprint density at radius 3 is 2.86 bits per heavy atom. The van der Waals surface area contributed by atoms with Gasteiger partial charge >= 0.3 is 6.09 Å². The number of rotatable bonds is 7. The van der Waals surface area contributed by atoms with Crippen molar-refractivity contribution in [1.29, 1.82) is 5.26 Å². The highest BCUT2D eigenvalue weighted by atomic mass is 16.6. The van der Waals surface area contributed by atoms with Gasteiger partial charge in [-0.15, -0.1) is 0 Å². The predicted molar refractivity (Wildman–Crippen MR) is 79.5 cm³/mol. The van der Waals surface area contributed by atoms with E-state index < -0.39 is 0 Å². The number of ether oxygens (including phenoxy) is 1. The first-order valence-electron chi connectivity index (χ1n) is 7.31. The van der Waals surface area contributed by atoms with Crippen molar-refractivity contribution in [2.24, 2.45) is 0 Å². The second-order valence-corrected chi connectivity index (χ2v) is 5.15. The predicted octanol–water partition coefficient (Wildman–Crippen LogP) is 2.24. The van der Waals surface area contributed by atoms with Gasteiger partial charge in [0, 0.05) is 13.0 Å². The topological polar surface area (TPSA) is 56.6 Å². The van der Waals surface area contributed by atoms with Gasteiger partial charge in [0.05, 0.1) is 18.8 Å². The minimum Gasteiger partial charge on any atom is -0.447 e. The first kappa shape index (κ1) is 15.3. The van der Waals surface area contributed by atoms with Crippen LogP contribution in [0.2, 0.25) is 0 Å². The van der Waals surface area contributed by atoms with E-state index in [2.05, 4.69) is 23.1 Å². The van der Waals surface area contributed by atoms with Gasteiger partial charge in [0.2, 0.25) is 0 Å². The highest BCUT2D eigenvalue weighted by Gasteiger charge is 2.33. The number of hydrogen-bond acceptors (Lipinski definition) is 4. The molecule has 1 aliphatic heterocycles. The fourth-order valence-corrected chi connectivity index (χ4v) is 2.47. The lowest BCUT2D eigenvalue weighted by molar-refractivity contribution is 0.125. The zero-order valence-corrected chi connectivity index (χ0v) is 12.4. The average molecular weight is 287 g/mol. The number of benzene rings is 1. The van der Waals surface area contributed by atoms with Gasteiger partial charge in [-0.1, -0.05) is 37.3 Å². The molecule has 5 nitrogen and oxygen atoms in total. The van der Waals surface area contributed by atoms with Gasteiger partial charge in [0.15, 0.2) is 0 Å². The van der Waals surface area contributed by atoms with E-state index >= 15 is 0 Å². The van der Waals surface area contributed by atoms with Crippen LogP contribution in [0.3, 0.4) is 0 Å². The van der Waals surface area contributed by atoms with Gasteiger partial charge in [0.1, 0.15) is 6.61 Å². The summed E-state index contributed by atoms with van der Waals surface area (Å²) in [5.74, 6) is 0. The quantitative estimate of drug-likeness (QED) is 0.771. The van der Waals surface area contributed by atoms with Crippen LogP contribution in [-0.2, 0) is 11.2 Å². The molecule has 1 atom stereocenters. The van der Waals surface area contributed by atoms with Crippen LogP contribution in [0.4, 0.5) is 4.79 Å². The zero-order chi connectivity index (χ0) is 15.1. The molecule has 2 rings (SSSR count). The maximum absolute atomic E-state index is 11.9. The van der Waals surface area contributed by atoms with Gasteiger partial charge in [-0.05, 0) is 18.5 Å². The molecule has 0 radical (unpaired) electrons. The van der Waals surface area contributed by atoms with Crippen LogP contribution in [0.25, 0.3) is 0 Å². The first-order valence-corrected chi connectivity index (χ1v) is 7.31. The maximum Gasteiger partial charge on any atom is 0.411 e. The monoisotopic (exact) mass is 287 g/mol. The van der Waals surface area contributed by atoms with E-state index in [4.69, 9.17) is 10.00 Å². The van der Waals surface area contributed by atoms with E-state index in [-0.39, 0.29) is 12.1 Å². The molecular formula is C16H21N3O2. The molecule has 1 aliphatic rings. The van der Waals surface area contributed by atoms with Crippen molar-refractivity contribution in [2.75, 3.05) is 26.4 Å². The number of cyclic esters (lactones) is 1. The Balaban J connectivity index is 1.98. The molecule has 1 fully saturated rings. The van der Waals surface area contributed by atoms with Crippen molar-refractivity contribution in [3.8, 4) is 6.07 Å². The lowest BCUT2D eigenvalue weighted by Gasteiger charge is -2.28. The Kier molecular flexibility index (Phi) is 5.59. The summed E-state index contributed by atoms with van der Waals surface area (Å²) in [6.45, 7) is 4.47. The van der Waals surface area contributed by atoms with Gasteiger partial charge < -0.3 is 4.74 Å². The Labute approximate surface area is 125 Å². The number of carbonyl (C=O) groups excluding carboxylic acids is 1. The third-order valence-electron chi connectivity index (χ3n) is 3.73. The Hall–Kier alpha value is -2.06. The van der Waals surface area contributed by atoms with Crippen LogP contribution in [0.15, 0.2) is 30.3 Å². The summed E-state index contributed by atoms with van der Waals surface area (Å²) in [7, 11) is 0. The molecule has 0 aliphatic carbocycles. The van der Waals surface area contributed by atoms with Crippen molar-refractivity contribution >= 4 is 6.09 Å². The van der Waals surface area contributed by atoms with Crippen molar-refractivity contribution in [1.82, 2.24) is 9.80 Å². The molecule has 0 unspecified atom stereocenters. The molecule has 112 valence electrons. The van der Waals surface area contributed by atoms with E-state index in [1.165, 1.54) is 5.56 Å². The van der Waals surface area contributed by atoms with Crippen LogP contribution < -0.4 is 0 Å². The Morgan fingerprint density at radius 1 is 1.43 bits per heavy atom. The van der Waals surface area contributed by atoms with Gasteiger partial charge in [-0.2, -0.15) is 5.26 Å². The Morgan fingerprint density at radius 2 is 2.19 bits per heavy atom. The number of nitrogens with zero attached hydrogens (tertiary/aromatic N) is 3. The summed E-state index contributed by atoms with van der Waals surface area (Å²) >= 11 is 0. The fraction of sp³-hybridized carbons (Fsp3) is 0.500. The lowest BCUT2D eigenvalue weighted by atomic mass is 10.1. The molecule has 5 heteroatoms. The summed E-state index contributed by atoms with van der Waals surface area (Å²) in [4.78, 5) is 15.8.